The molecule has 0 bridgehead atoms. The van der Waals surface area contributed by atoms with Crippen molar-refractivity contribution in [2.45, 2.75) is 65.6 Å². The summed E-state index contributed by atoms with van der Waals surface area (Å²) < 4.78 is 0. The van der Waals surface area contributed by atoms with Crippen LogP contribution in [0.5, 0.6) is 0 Å². The Hall–Kier alpha value is -0.0800. The van der Waals surface area contributed by atoms with Crippen LogP contribution in [0.1, 0.15) is 53.4 Å². The normalized spacial score (nSPS) is 39.4. The Balaban J connectivity index is 2.64. The maximum Gasteiger partial charge on any atom is 0.0592 e. The van der Waals surface area contributed by atoms with Gasteiger partial charge in [0.05, 0.1) is 12.2 Å². The Kier molecular flexibility index (Phi) is 4.19. The topological polar surface area (TPSA) is 40.5 Å². The summed E-state index contributed by atoms with van der Waals surface area (Å²) >= 11 is 0. The molecule has 1 saturated carbocycles. The second-order valence-corrected chi connectivity index (χ2v) is 5.80. The highest BCUT2D eigenvalue weighted by Crippen LogP contribution is 2.44. The minimum absolute atomic E-state index is 0.0699. The zero-order chi connectivity index (χ0) is 11.6. The second kappa shape index (κ2) is 4.84. The molecule has 0 aromatic carbocycles. The smallest absolute Gasteiger partial charge is 0.0592 e. The van der Waals surface area contributed by atoms with Crippen LogP contribution < -0.4 is 0 Å². The lowest BCUT2D eigenvalue weighted by Crippen LogP contribution is -2.43. The molecule has 0 saturated heterocycles. The highest BCUT2D eigenvalue weighted by molar-refractivity contribution is 4.92. The maximum absolute atomic E-state index is 10.1. The van der Waals surface area contributed by atoms with Gasteiger partial charge in [0.15, 0.2) is 0 Å². The largest absolute Gasteiger partial charge is 0.393 e. The highest BCUT2D eigenvalue weighted by atomic mass is 16.3. The second-order valence-electron chi connectivity index (χ2n) is 5.80. The van der Waals surface area contributed by atoms with Gasteiger partial charge in [0.2, 0.25) is 0 Å². The Labute approximate surface area is 93.7 Å². The predicted molar refractivity (Wildman–Crippen MR) is 62.6 cm³/mol. The summed E-state index contributed by atoms with van der Waals surface area (Å²) in [7, 11) is 0. The molecular weight excluding hydrogens is 188 g/mol. The van der Waals surface area contributed by atoms with Crippen LogP contribution >= 0.6 is 0 Å². The predicted octanol–water partition coefficient (Wildman–Crippen LogP) is 2.58. The first-order chi connectivity index (χ1) is 6.90. The molecule has 0 heterocycles. The summed E-state index contributed by atoms with van der Waals surface area (Å²) in [5, 5.41) is 20.1. The lowest BCUT2D eigenvalue weighted by Gasteiger charge is -2.44. The van der Waals surface area contributed by atoms with Gasteiger partial charge in [0, 0.05) is 0 Å². The maximum atomic E-state index is 10.1. The Bertz CT molecular complexity index is 203. The molecule has 2 N–H and O–H groups in total. The van der Waals surface area contributed by atoms with Gasteiger partial charge in [-0.25, -0.2) is 0 Å². The molecule has 15 heavy (non-hydrogen) atoms. The van der Waals surface area contributed by atoms with Crippen molar-refractivity contribution in [1.82, 2.24) is 0 Å². The Morgan fingerprint density at radius 1 is 1.40 bits per heavy atom. The van der Waals surface area contributed by atoms with Gasteiger partial charge >= 0.3 is 0 Å². The third-order valence-corrected chi connectivity index (χ3v) is 4.27. The van der Waals surface area contributed by atoms with Crippen molar-refractivity contribution in [2.24, 2.45) is 17.3 Å². The molecule has 0 spiro atoms. The fourth-order valence-corrected chi connectivity index (χ4v) is 2.99. The molecule has 0 radical (unpaired) electrons. The van der Waals surface area contributed by atoms with E-state index in [-0.39, 0.29) is 17.6 Å². The van der Waals surface area contributed by atoms with Gasteiger partial charge in [-0.15, -0.1) is 0 Å². The summed E-state index contributed by atoms with van der Waals surface area (Å²) in [5.74, 6) is 0.963. The van der Waals surface area contributed by atoms with E-state index in [0.29, 0.717) is 11.8 Å². The first-order valence-electron chi connectivity index (χ1n) is 6.27. The van der Waals surface area contributed by atoms with Crippen molar-refractivity contribution in [1.29, 1.82) is 0 Å². The first kappa shape index (κ1) is 13.0. The molecule has 1 unspecified atom stereocenters. The zero-order valence-electron chi connectivity index (χ0n) is 10.5. The van der Waals surface area contributed by atoms with Crippen molar-refractivity contribution >= 4 is 0 Å². The van der Waals surface area contributed by atoms with Crippen molar-refractivity contribution in [3.05, 3.63) is 0 Å². The van der Waals surface area contributed by atoms with Gasteiger partial charge in [-0.1, -0.05) is 27.7 Å². The Morgan fingerprint density at radius 2 is 2.00 bits per heavy atom. The van der Waals surface area contributed by atoms with Gasteiger partial charge in [-0.2, -0.15) is 0 Å². The van der Waals surface area contributed by atoms with Crippen LogP contribution in [0.3, 0.4) is 0 Å². The van der Waals surface area contributed by atoms with Gasteiger partial charge in [0.1, 0.15) is 0 Å². The van der Waals surface area contributed by atoms with Crippen molar-refractivity contribution in [3.63, 3.8) is 0 Å². The standard InChI is InChI=1S/C13H26O2/c1-5-12(15)13(4)7-6-10(9(2)3)11(14)8-13/h9-12,14-15H,5-8H2,1-4H3/t10-,11+,12?,13+/m0/s1. The summed E-state index contributed by atoms with van der Waals surface area (Å²) in [6.45, 7) is 8.47. The lowest BCUT2D eigenvalue weighted by molar-refractivity contribution is -0.0682. The molecule has 1 rings (SSSR count). The first-order valence-corrected chi connectivity index (χ1v) is 6.27. The summed E-state index contributed by atoms with van der Waals surface area (Å²) in [5.41, 5.74) is -0.0699. The fraction of sp³-hybridized carbons (Fsp3) is 1.00. The van der Waals surface area contributed by atoms with E-state index < -0.39 is 0 Å². The van der Waals surface area contributed by atoms with E-state index >= 15 is 0 Å². The summed E-state index contributed by atoms with van der Waals surface area (Å²) in [6.07, 6.45) is 3.14. The molecule has 0 amide bonds. The van der Waals surface area contributed by atoms with E-state index in [1.54, 1.807) is 0 Å². The molecule has 0 aromatic rings. The van der Waals surface area contributed by atoms with Gasteiger partial charge in [-0.3, -0.25) is 0 Å². The summed E-state index contributed by atoms with van der Waals surface area (Å²) in [4.78, 5) is 0. The van der Waals surface area contributed by atoms with Crippen LogP contribution in [-0.2, 0) is 0 Å². The summed E-state index contributed by atoms with van der Waals surface area (Å²) in [6, 6.07) is 0. The lowest BCUT2D eigenvalue weighted by atomic mass is 9.64. The average molecular weight is 214 g/mol. The molecule has 1 fully saturated rings. The zero-order valence-corrected chi connectivity index (χ0v) is 10.5. The van der Waals surface area contributed by atoms with Crippen LogP contribution in [0.25, 0.3) is 0 Å². The van der Waals surface area contributed by atoms with Crippen LogP contribution in [0.4, 0.5) is 0 Å². The van der Waals surface area contributed by atoms with E-state index in [9.17, 15) is 10.2 Å². The molecule has 0 aliphatic heterocycles. The van der Waals surface area contributed by atoms with E-state index in [4.69, 9.17) is 0 Å². The minimum Gasteiger partial charge on any atom is -0.393 e. The van der Waals surface area contributed by atoms with Crippen LogP contribution in [0.15, 0.2) is 0 Å². The van der Waals surface area contributed by atoms with E-state index in [1.165, 1.54) is 0 Å². The van der Waals surface area contributed by atoms with Gasteiger partial charge < -0.3 is 10.2 Å². The molecule has 1 aliphatic carbocycles. The van der Waals surface area contributed by atoms with Crippen molar-refractivity contribution in [3.8, 4) is 0 Å². The molecule has 2 heteroatoms. The third kappa shape index (κ3) is 2.73. The van der Waals surface area contributed by atoms with Gasteiger partial charge in [-0.05, 0) is 42.9 Å². The van der Waals surface area contributed by atoms with Crippen molar-refractivity contribution in [2.75, 3.05) is 0 Å². The third-order valence-electron chi connectivity index (χ3n) is 4.27. The Morgan fingerprint density at radius 3 is 2.40 bits per heavy atom. The molecule has 90 valence electrons. The molecule has 0 aromatic heterocycles. The molecule has 2 nitrogen and oxygen atoms in total. The highest BCUT2D eigenvalue weighted by Gasteiger charge is 2.41. The number of rotatable bonds is 3. The quantitative estimate of drug-likeness (QED) is 0.758. The number of aliphatic hydroxyl groups excluding tert-OH is 2. The average Bonchev–Trinajstić information content (AvgIpc) is 2.15. The SMILES string of the molecule is CCC(O)[C@]1(C)CC[C@@H](C(C)C)[C@H](O)C1. The monoisotopic (exact) mass is 214 g/mol. The number of hydrogen-bond acceptors (Lipinski definition) is 2. The van der Waals surface area contributed by atoms with E-state index in [1.807, 2.05) is 6.92 Å². The van der Waals surface area contributed by atoms with Crippen LogP contribution in [0, 0.1) is 17.3 Å². The fourth-order valence-electron chi connectivity index (χ4n) is 2.99. The number of hydrogen-bond donors (Lipinski definition) is 2. The van der Waals surface area contributed by atoms with E-state index in [2.05, 4.69) is 20.8 Å². The van der Waals surface area contributed by atoms with E-state index in [0.717, 1.165) is 25.7 Å². The van der Waals surface area contributed by atoms with Gasteiger partial charge in [0.25, 0.3) is 0 Å². The minimum atomic E-state index is -0.264. The molecule has 4 atom stereocenters. The number of aliphatic hydroxyl groups is 2. The van der Waals surface area contributed by atoms with Crippen molar-refractivity contribution < 1.29 is 10.2 Å². The van der Waals surface area contributed by atoms with Crippen LogP contribution in [0.2, 0.25) is 0 Å². The molecular formula is C13H26O2. The van der Waals surface area contributed by atoms with Crippen LogP contribution in [-0.4, -0.2) is 22.4 Å². The molecule has 1 aliphatic rings.